The van der Waals surface area contributed by atoms with Crippen molar-refractivity contribution in [3.63, 3.8) is 0 Å². The Hall–Kier alpha value is -0.386. The average molecular weight is 194 g/mol. The summed E-state index contributed by atoms with van der Waals surface area (Å²) < 4.78 is 0. The smallest absolute Gasteiger partial charge is 2.00 e. The zero-order valence-electron chi connectivity index (χ0n) is 5.66. The van der Waals surface area contributed by atoms with E-state index in [1.54, 1.807) is 0 Å². The summed E-state index contributed by atoms with van der Waals surface area (Å²) >= 11 is 0. The van der Waals surface area contributed by atoms with Gasteiger partial charge >= 0.3 is 21.7 Å². The molecule has 0 aliphatic carbocycles. The molecule has 0 atom stereocenters. The van der Waals surface area contributed by atoms with E-state index in [1.807, 2.05) is 0 Å². The summed E-state index contributed by atoms with van der Waals surface area (Å²) in [4.78, 5) is 19.3. The molecule has 0 spiro atoms. The van der Waals surface area contributed by atoms with Gasteiger partial charge < -0.3 is 25.3 Å². The van der Waals surface area contributed by atoms with Gasteiger partial charge in [-0.05, 0) is 19.3 Å². The van der Waals surface area contributed by atoms with Crippen LogP contribution in [-0.4, -0.2) is 11.9 Å². The van der Waals surface area contributed by atoms with Crippen LogP contribution in [0.4, 0.5) is 0 Å². The topological polar surface area (TPSA) is 109 Å². The minimum absolute atomic E-state index is 0. The van der Waals surface area contributed by atoms with Crippen molar-refractivity contribution in [1.82, 2.24) is 0 Å². The van der Waals surface area contributed by atoms with Gasteiger partial charge in [-0.15, -0.1) is 0 Å². The van der Waals surface area contributed by atoms with Crippen LogP contribution in [0.2, 0.25) is 0 Å². The van der Waals surface area contributed by atoms with Crippen LogP contribution in [0.1, 0.15) is 19.3 Å². The second-order valence-corrected chi connectivity index (χ2v) is 1.60. The van der Waals surface area contributed by atoms with Gasteiger partial charge in [0, 0.05) is 11.9 Å². The number of hydrogen-bond donors (Lipinski definition) is 0. The fraction of sp³-hybridized carbons (Fsp3) is 0.600. The van der Waals surface area contributed by atoms with Crippen molar-refractivity contribution in [2.75, 3.05) is 0 Å². The summed E-state index contributed by atoms with van der Waals surface area (Å²) in [5.41, 5.74) is 0. The van der Waals surface area contributed by atoms with Gasteiger partial charge in [0.25, 0.3) is 0 Å². The zero-order valence-corrected chi connectivity index (χ0v) is 7.22. The molecule has 60 valence electrons. The van der Waals surface area contributed by atoms with E-state index in [4.69, 9.17) is 0 Å². The van der Waals surface area contributed by atoms with E-state index in [-0.39, 0.29) is 46.5 Å². The van der Waals surface area contributed by atoms with Crippen LogP contribution in [0, 0.1) is 0 Å². The van der Waals surface area contributed by atoms with E-state index in [2.05, 4.69) is 0 Å². The predicted octanol–water partition coefficient (Wildman–Crippen LogP) is -2.46. The average Bonchev–Trinajstić information content (AvgIpc) is 1.63. The maximum Gasteiger partial charge on any atom is 4.00 e. The van der Waals surface area contributed by atoms with Crippen molar-refractivity contribution in [1.29, 1.82) is 0 Å². The Balaban J connectivity index is -0.000000320. The van der Waals surface area contributed by atoms with Crippen molar-refractivity contribution >= 4 is 11.9 Å². The first-order chi connectivity index (χ1) is 4.13. The minimum Gasteiger partial charge on any atom is -2.00 e. The molecule has 6 heteroatoms. The summed E-state index contributed by atoms with van der Waals surface area (Å²) in [6.07, 6.45) is -0.341. The number of aliphatic carboxylic acids is 2. The van der Waals surface area contributed by atoms with Gasteiger partial charge in [0.2, 0.25) is 0 Å². The molecule has 0 fully saturated rings. The second kappa shape index (κ2) is 9.61. The first kappa shape index (κ1) is 16.9. The third kappa shape index (κ3) is 17.7. The van der Waals surface area contributed by atoms with Crippen LogP contribution < -0.4 is 10.2 Å². The van der Waals surface area contributed by atoms with Gasteiger partial charge in [-0.3, -0.25) is 0 Å². The van der Waals surface area contributed by atoms with Gasteiger partial charge in [0.15, 0.2) is 0 Å². The van der Waals surface area contributed by atoms with E-state index in [0.717, 1.165) is 0 Å². The summed E-state index contributed by atoms with van der Waals surface area (Å²) in [6, 6.07) is 0. The van der Waals surface area contributed by atoms with Crippen molar-refractivity contribution in [2.24, 2.45) is 0 Å². The summed E-state index contributed by atoms with van der Waals surface area (Å²) in [5, 5.41) is 19.3. The Morgan fingerprint density at radius 2 is 1.27 bits per heavy atom. The molecule has 0 N–H and O–H groups in total. The number of carbonyl (C=O) groups excluding carboxylic acids is 2. The number of hydrogen-bond acceptors (Lipinski definition) is 4. The number of rotatable bonds is 4. The van der Waals surface area contributed by atoms with Crippen molar-refractivity contribution in [3.8, 4) is 0 Å². The Bertz CT molecular complexity index is 110. The third-order valence-electron chi connectivity index (χ3n) is 0.762. The van der Waals surface area contributed by atoms with E-state index in [9.17, 15) is 19.8 Å². The molecule has 0 radical (unpaired) electrons. The largest absolute Gasteiger partial charge is 4.00 e. The van der Waals surface area contributed by atoms with Gasteiger partial charge in [0.1, 0.15) is 0 Å². The number of carboxylic acid groups (broad SMARTS) is 2. The molecule has 11 heavy (non-hydrogen) atoms. The minimum atomic E-state index is -1.23. The molecule has 0 unspecified atom stereocenters. The van der Waals surface area contributed by atoms with Crippen molar-refractivity contribution in [2.45, 2.75) is 19.3 Å². The Kier molecular flexibility index (Phi) is 14.8. The zero-order chi connectivity index (χ0) is 7.28. The monoisotopic (exact) mass is 194 g/mol. The third-order valence-corrected chi connectivity index (χ3v) is 0.762. The Labute approximate surface area is 78.6 Å². The van der Waals surface area contributed by atoms with Gasteiger partial charge in [-0.25, -0.2) is 0 Å². The second-order valence-electron chi connectivity index (χ2n) is 1.60. The molecule has 5 nitrogen and oxygen atoms in total. The summed E-state index contributed by atoms with van der Waals surface area (Å²) in [5.74, 6) is -2.45. The molecule has 0 rings (SSSR count). The molecule has 0 bridgehead atoms. The summed E-state index contributed by atoms with van der Waals surface area (Å²) in [7, 11) is 0. The molecular formula is C5H6O5Ti. The SMILES string of the molecule is O=C([O-])CCCC(=O)[O-].[O-2].[Ti+4]. The number of carboxylic acids is 2. The summed E-state index contributed by atoms with van der Waals surface area (Å²) in [6.45, 7) is 0. The molecular weight excluding hydrogens is 188 g/mol. The Morgan fingerprint density at radius 1 is 1.00 bits per heavy atom. The van der Waals surface area contributed by atoms with E-state index >= 15 is 0 Å². The molecule has 0 saturated carbocycles. The van der Waals surface area contributed by atoms with Crippen LogP contribution in [0.15, 0.2) is 0 Å². The first-order valence-corrected chi connectivity index (χ1v) is 2.52. The van der Waals surface area contributed by atoms with Crippen LogP contribution in [0.3, 0.4) is 0 Å². The first-order valence-electron chi connectivity index (χ1n) is 2.52. The van der Waals surface area contributed by atoms with Crippen LogP contribution >= 0.6 is 0 Å². The maximum atomic E-state index is 9.66. The van der Waals surface area contributed by atoms with Gasteiger partial charge in [-0.2, -0.15) is 0 Å². The van der Waals surface area contributed by atoms with Crippen LogP contribution in [0.5, 0.6) is 0 Å². The quantitative estimate of drug-likeness (QED) is 0.462. The molecule has 0 heterocycles. The van der Waals surface area contributed by atoms with E-state index in [0.29, 0.717) is 0 Å². The molecule has 0 aliphatic heterocycles. The molecule has 0 saturated heterocycles. The van der Waals surface area contributed by atoms with Crippen molar-refractivity contribution in [3.05, 3.63) is 0 Å². The van der Waals surface area contributed by atoms with E-state index < -0.39 is 11.9 Å². The normalized spacial score (nSPS) is 7.27. The molecule has 0 aromatic carbocycles. The fourth-order valence-electron chi connectivity index (χ4n) is 0.377. The van der Waals surface area contributed by atoms with Gasteiger partial charge in [0.05, 0.1) is 0 Å². The van der Waals surface area contributed by atoms with Crippen LogP contribution in [0.25, 0.3) is 0 Å². The molecule has 0 aromatic heterocycles. The molecule has 0 amide bonds. The number of carbonyl (C=O) groups is 2. The Morgan fingerprint density at radius 3 is 1.45 bits per heavy atom. The molecule has 0 aliphatic rings. The van der Waals surface area contributed by atoms with Gasteiger partial charge in [-0.1, -0.05) is 0 Å². The predicted molar refractivity (Wildman–Crippen MR) is 24.6 cm³/mol. The molecule has 0 aromatic rings. The van der Waals surface area contributed by atoms with E-state index in [1.165, 1.54) is 0 Å². The standard InChI is InChI=1S/C5H8O4.O.Ti/c6-4(7)2-1-3-5(8)9;;/h1-3H2,(H,6,7)(H,8,9);;/q;-2;+4/p-2. The maximum absolute atomic E-state index is 9.66. The fourth-order valence-corrected chi connectivity index (χ4v) is 0.377. The van der Waals surface area contributed by atoms with Crippen molar-refractivity contribution < 1.29 is 47.0 Å². The van der Waals surface area contributed by atoms with Crippen LogP contribution in [-0.2, 0) is 36.8 Å².